The molecule has 1 aliphatic heterocycles. The molecule has 1 aromatic rings. The van der Waals surface area contributed by atoms with Crippen molar-refractivity contribution >= 4 is 19.0 Å². The maximum atomic E-state index is 11.9. The predicted molar refractivity (Wildman–Crippen MR) is 72.0 cm³/mol. The number of benzene rings is 1. The van der Waals surface area contributed by atoms with Crippen LogP contribution in [0.2, 0.25) is 0 Å². The summed E-state index contributed by atoms with van der Waals surface area (Å²) in [6.07, 6.45) is 0.323. The average Bonchev–Trinajstić information content (AvgIpc) is 2.42. The van der Waals surface area contributed by atoms with Gasteiger partial charge in [0.2, 0.25) is 0 Å². The van der Waals surface area contributed by atoms with E-state index >= 15 is 0 Å². The number of carboxylic acid groups (broad SMARTS) is 1. The largest absolute Gasteiger partial charge is 0.481 e. The third kappa shape index (κ3) is 3.82. The van der Waals surface area contributed by atoms with E-state index in [0.717, 1.165) is 0 Å². The molecule has 0 saturated carbocycles. The Labute approximate surface area is 116 Å². The van der Waals surface area contributed by atoms with E-state index in [9.17, 15) is 14.6 Å². The van der Waals surface area contributed by atoms with Gasteiger partial charge in [-0.05, 0) is 25.0 Å². The molecule has 106 valence electrons. The van der Waals surface area contributed by atoms with Gasteiger partial charge in [0.1, 0.15) is 0 Å². The number of aliphatic carboxylic acids is 1. The van der Waals surface area contributed by atoms with Crippen molar-refractivity contribution in [3.63, 3.8) is 0 Å². The first kappa shape index (κ1) is 14.6. The Morgan fingerprint density at radius 2 is 2.00 bits per heavy atom. The Balaban J connectivity index is 1.89. The third-order valence-electron chi connectivity index (χ3n) is 3.23. The van der Waals surface area contributed by atoms with Crippen molar-refractivity contribution < 1.29 is 24.4 Å². The summed E-state index contributed by atoms with van der Waals surface area (Å²) in [6.45, 7) is 0. The third-order valence-corrected chi connectivity index (χ3v) is 3.23. The summed E-state index contributed by atoms with van der Waals surface area (Å²) in [7, 11) is -1.18. The first-order valence-electron chi connectivity index (χ1n) is 6.47. The molecule has 6 nitrogen and oxygen atoms in total. The van der Waals surface area contributed by atoms with E-state index in [4.69, 9.17) is 9.76 Å². The molecule has 1 fully saturated rings. The molecular formula is C13H16BNO5. The number of hydrogen-bond donors (Lipinski definition) is 3. The molecule has 1 heterocycles. The fourth-order valence-corrected chi connectivity index (χ4v) is 2.20. The van der Waals surface area contributed by atoms with E-state index in [1.165, 1.54) is 0 Å². The van der Waals surface area contributed by atoms with Crippen LogP contribution in [0.5, 0.6) is 0 Å². The fourth-order valence-electron chi connectivity index (χ4n) is 2.20. The lowest BCUT2D eigenvalue weighted by atomic mass is 9.72. The number of rotatable bonds is 4. The summed E-state index contributed by atoms with van der Waals surface area (Å²) in [5, 5.41) is 21.2. The Hall–Kier alpha value is -1.86. The minimum Gasteiger partial charge on any atom is -0.481 e. The molecule has 2 atom stereocenters. The smallest absolute Gasteiger partial charge is 0.478 e. The molecule has 1 saturated heterocycles. The number of carbonyl (C=O) groups excluding carboxylic acids is 1. The maximum Gasteiger partial charge on any atom is 0.478 e. The summed E-state index contributed by atoms with van der Waals surface area (Å²) >= 11 is 0. The van der Waals surface area contributed by atoms with E-state index in [0.29, 0.717) is 18.4 Å². The molecular weight excluding hydrogens is 261 g/mol. The van der Waals surface area contributed by atoms with Gasteiger partial charge in [-0.25, -0.2) is 0 Å². The highest BCUT2D eigenvalue weighted by Crippen LogP contribution is 2.19. The SMILES string of the molecule is O=C(O)C[C@@H]1CC[C@H](NC(=O)c2ccccc2)B(O)O1. The van der Waals surface area contributed by atoms with E-state index < -0.39 is 25.1 Å². The van der Waals surface area contributed by atoms with Crippen LogP contribution < -0.4 is 5.32 Å². The summed E-state index contributed by atoms with van der Waals surface area (Å²) in [5.41, 5.74) is 0.507. The van der Waals surface area contributed by atoms with Gasteiger partial charge in [0, 0.05) is 5.56 Å². The van der Waals surface area contributed by atoms with Crippen molar-refractivity contribution in [1.29, 1.82) is 0 Å². The van der Waals surface area contributed by atoms with Crippen LogP contribution >= 0.6 is 0 Å². The van der Waals surface area contributed by atoms with Gasteiger partial charge in [0.25, 0.3) is 5.91 Å². The summed E-state index contributed by atoms with van der Waals surface area (Å²) in [5.74, 6) is -1.77. The molecule has 0 radical (unpaired) electrons. The van der Waals surface area contributed by atoms with Crippen LogP contribution in [0.25, 0.3) is 0 Å². The van der Waals surface area contributed by atoms with Crippen LogP contribution in [0.1, 0.15) is 29.6 Å². The average molecular weight is 277 g/mol. The second kappa shape index (κ2) is 6.54. The normalized spacial score (nSPS) is 22.4. The highest BCUT2D eigenvalue weighted by atomic mass is 16.5. The first-order chi connectivity index (χ1) is 9.56. The monoisotopic (exact) mass is 277 g/mol. The second-order valence-corrected chi connectivity index (χ2v) is 4.77. The van der Waals surface area contributed by atoms with Gasteiger partial charge in [-0.3, -0.25) is 9.59 Å². The van der Waals surface area contributed by atoms with Gasteiger partial charge in [-0.1, -0.05) is 18.2 Å². The van der Waals surface area contributed by atoms with E-state index in [1.54, 1.807) is 24.3 Å². The van der Waals surface area contributed by atoms with Crippen LogP contribution in [0.3, 0.4) is 0 Å². The van der Waals surface area contributed by atoms with Crippen LogP contribution in [-0.4, -0.2) is 41.2 Å². The molecule has 7 heteroatoms. The van der Waals surface area contributed by atoms with E-state index in [1.807, 2.05) is 6.07 Å². The zero-order valence-electron chi connectivity index (χ0n) is 10.9. The van der Waals surface area contributed by atoms with Crippen LogP contribution in [-0.2, 0) is 9.45 Å². The number of carboxylic acids is 1. The Kier molecular flexibility index (Phi) is 4.76. The van der Waals surface area contributed by atoms with Gasteiger partial charge in [0.15, 0.2) is 0 Å². The van der Waals surface area contributed by atoms with Crippen molar-refractivity contribution in [2.45, 2.75) is 31.3 Å². The van der Waals surface area contributed by atoms with Crippen molar-refractivity contribution in [3.8, 4) is 0 Å². The quantitative estimate of drug-likeness (QED) is 0.695. The molecule has 0 aliphatic carbocycles. The zero-order chi connectivity index (χ0) is 14.5. The fraction of sp³-hybridized carbons (Fsp3) is 0.385. The topological polar surface area (TPSA) is 95.9 Å². The molecule has 1 aromatic carbocycles. The predicted octanol–water partition coefficient (Wildman–Crippen LogP) is 0.458. The van der Waals surface area contributed by atoms with Gasteiger partial charge in [-0.2, -0.15) is 0 Å². The van der Waals surface area contributed by atoms with Gasteiger partial charge < -0.3 is 20.1 Å². The molecule has 3 N–H and O–H groups in total. The molecule has 0 unspecified atom stereocenters. The lowest BCUT2D eigenvalue weighted by Crippen LogP contribution is -2.52. The lowest BCUT2D eigenvalue weighted by Gasteiger charge is -2.30. The number of nitrogens with one attached hydrogen (secondary N) is 1. The van der Waals surface area contributed by atoms with Gasteiger partial charge in [-0.15, -0.1) is 0 Å². The second-order valence-electron chi connectivity index (χ2n) is 4.77. The first-order valence-corrected chi connectivity index (χ1v) is 6.47. The maximum absolute atomic E-state index is 11.9. The Morgan fingerprint density at radius 1 is 1.30 bits per heavy atom. The summed E-state index contributed by atoms with van der Waals surface area (Å²) in [4.78, 5) is 22.5. The Morgan fingerprint density at radius 3 is 2.60 bits per heavy atom. The van der Waals surface area contributed by atoms with Crippen molar-refractivity contribution in [2.75, 3.05) is 0 Å². The molecule has 0 spiro atoms. The summed E-state index contributed by atoms with van der Waals surface area (Å²) < 4.78 is 5.21. The lowest BCUT2D eigenvalue weighted by molar-refractivity contribution is -0.139. The number of carbonyl (C=O) groups is 2. The van der Waals surface area contributed by atoms with Crippen molar-refractivity contribution in [3.05, 3.63) is 35.9 Å². The molecule has 1 amide bonds. The molecule has 0 bridgehead atoms. The Bertz CT molecular complexity index is 481. The van der Waals surface area contributed by atoms with Crippen LogP contribution in [0.15, 0.2) is 30.3 Å². The standard InChI is InChI=1S/C13H16BNO5/c16-12(17)8-10-6-7-11(14(19)20-10)15-13(18)9-4-2-1-3-5-9/h1-5,10-11,19H,6-8H2,(H,15,18)(H,16,17)/t10-,11-/m0/s1. The van der Waals surface area contributed by atoms with E-state index in [2.05, 4.69) is 5.32 Å². The van der Waals surface area contributed by atoms with Crippen molar-refractivity contribution in [1.82, 2.24) is 5.32 Å². The minimum absolute atomic E-state index is 0.142. The summed E-state index contributed by atoms with van der Waals surface area (Å²) in [6, 6.07) is 8.68. The zero-order valence-corrected chi connectivity index (χ0v) is 10.9. The number of amides is 1. The highest BCUT2D eigenvalue weighted by molar-refractivity contribution is 6.45. The van der Waals surface area contributed by atoms with Crippen LogP contribution in [0, 0.1) is 0 Å². The molecule has 0 aromatic heterocycles. The molecule has 20 heavy (non-hydrogen) atoms. The number of hydrogen-bond acceptors (Lipinski definition) is 4. The van der Waals surface area contributed by atoms with Gasteiger partial charge >= 0.3 is 13.1 Å². The minimum atomic E-state index is -1.18. The molecule has 1 aliphatic rings. The van der Waals surface area contributed by atoms with E-state index in [-0.39, 0.29) is 12.3 Å². The van der Waals surface area contributed by atoms with Gasteiger partial charge in [0.05, 0.1) is 18.5 Å². The highest BCUT2D eigenvalue weighted by Gasteiger charge is 2.36. The molecule has 2 rings (SSSR count). The van der Waals surface area contributed by atoms with Crippen LogP contribution in [0.4, 0.5) is 0 Å². The van der Waals surface area contributed by atoms with Crippen molar-refractivity contribution in [2.24, 2.45) is 0 Å².